The molecule has 35 heavy (non-hydrogen) atoms. The number of halogens is 1. The van der Waals surface area contributed by atoms with Gasteiger partial charge in [-0.15, -0.1) is 0 Å². The Morgan fingerprint density at radius 3 is 1.77 bits per heavy atom. The molecule has 0 spiro atoms. The van der Waals surface area contributed by atoms with E-state index in [9.17, 15) is 24.3 Å². The number of aryl methyl sites for hydroxylation is 2. The second kappa shape index (κ2) is 11.4. The van der Waals surface area contributed by atoms with Gasteiger partial charge in [-0.3, -0.25) is 4.79 Å². The van der Waals surface area contributed by atoms with Crippen LogP contribution in [0, 0.1) is 13.8 Å². The molecule has 0 aromatic heterocycles. The van der Waals surface area contributed by atoms with Gasteiger partial charge < -0.3 is 19.9 Å². The van der Waals surface area contributed by atoms with E-state index in [-0.39, 0.29) is 11.1 Å². The molecule has 0 radical (unpaired) electrons. The van der Waals surface area contributed by atoms with Gasteiger partial charge in [-0.05, 0) is 66.2 Å². The molecule has 0 bridgehead atoms. The Kier molecular flexibility index (Phi) is 8.38. The van der Waals surface area contributed by atoms with Crippen molar-refractivity contribution in [3.63, 3.8) is 0 Å². The molecule has 0 aliphatic heterocycles. The molecular formula is C26H22BrNO7. The first-order valence-corrected chi connectivity index (χ1v) is 11.3. The van der Waals surface area contributed by atoms with Crippen molar-refractivity contribution in [2.45, 2.75) is 26.1 Å². The summed E-state index contributed by atoms with van der Waals surface area (Å²) in [6.07, 6.45) is -4.10. The van der Waals surface area contributed by atoms with Crippen LogP contribution in [0.3, 0.4) is 0 Å². The van der Waals surface area contributed by atoms with E-state index in [1.165, 1.54) is 24.3 Å². The molecule has 3 rings (SSSR count). The van der Waals surface area contributed by atoms with Crippen molar-refractivity contribution < 1.29 is 33.8 Å². The first-order chi connectivity index (χ1) is 16.7. The molecule has 3 aromatic carbocycles. The van der Waals surface area contributed by atoms with Crippen LogP contribution in [0.25, 0.3) is 0 Å². The summed E-state index contributed by atoms with van der Waals surface area (Å²) in [7, 11) is 0. The summed E-state index contributed by atoms with van der Waals surface area (Å²) < 4.78 is 11.0. The topological polar surface area (TPSA) is 119 Å². The van der Waals surface area contributed by atoms with Gasteiger partial charge in [-0.2, -0.15) is 0 Å². The number of aliphatic carboxylic acids is 1. The monoisotopic (exact) mass is 539 g/mol. The average Bonchev–Trinajstić information content (AvgIpc) is 2.82. The summed E-state index contributed by atoms with van der Waals surface area (Å²) in [5, 5.41) is 12.4. The lowest BCUT2D eigenvalue weighted by Crippen LogP contribution is -2.48. The van der Waals surface area contributed by atoms with Gasteiger partial charge in [0, 0.05) is 4.47 Å². The van der Waals surface area contributed by atoms with Gasteiger partial charge >= 0.3 is 17.9 Å². The lowest BCUT2D eigenvalue weighted by molar-refractivity contribution is -0.157. The van der Waals surface area contributed by atoms with E-state index in [4.69, 9.17) is 9.47 Å². The average molecular weight is 540 g/mol. The summed E-state index contributed by atoms with van der Waals surface area (Å²) in [5.74, 6) is -4.57. The number of carboxylic acid groups (broad SMARTS) is 1. The molecule has 9 heteroatoms. The van der Waals surface area contributed by atoms with Crippen molar-refractivity contribution in [3.8, 4) is 0 Å². The maximum absolute atomic E-state index is 13.2. The predicted octanol–water partition coefficient (Wildman–Crippen LogP) is 4.54. The van der Waals surface area contributed by atoms with Crippen LogP contribution in [0.1, 0.15) is 31.8 Å². The van der Waals surface area contributed by atoms with Crippen LogP contribution < -0.4 is 5.32 Å². The maximum atomic E-state index is 13.2. The summed E-state index contributed by atoms with van der Waals surface area (Å²) in [6, 6.07) is 19.3. The quantitative estimate of drug-likeness (QED) is 0.403. The Balaban J connectivity index is 1.93. The molecule has 0 saturated heterocycles. The molecule has 1 amide bonds. The maximum Gasteiger partial charge on any atom is 0.349 e. The Hall–Kier alpha value is -3.98. The van der Waals surface area contributed by atoms with E-state index < -0.39 is 36.0 Å². The molecular weight excluding hydrogens is 518 g/mol. The molecule has 0 unspecified atom stereocenters. The minimum Gasteiger partial charge on any atom is -0.478 e. The number of hydrogen-bond acceptors (Lipinski definition) is 6. The number of nitrogens with one attached hydrogen (secondary N) is 1. The summed E-state index contributed by atoms with van der Waals surface area (Å²) in [5.41, 5.74) is 2.02. The highest BCUT2D eigenvalue weighted by Gasteiger charge is 2.41. The van der Waals surface area contributed by atoms with Crippen molar-refractivity contribution in [3.05, 3.63) is 99.5 Å². The number of carbonyl (C=O) groups is 4. The molecule has 2 N–H and O–H groups in total. The lowest BCUT2D eigenvalue weighted by atomic mass is 10.1. The van der Waals surface area contributed by atoms with E-state index in [0.717, 1.165) is 11.1 Å². The number of para-hydroxylation sites is 1. The molecule has 180 valence electrons. The normalized spacial score (nSPS) is 12.2. The van der Waals surface area contributed by atoms with Crippen LogP contribution in [0.4, 0.5) is 5.69 Å². The van der Waals surface area contributed by atoms with Gasteiger partial charge in [0.05, 0.1) is 16.8 Å². The number of carboxylic acids is 1. The number of hydrogen-bond donors (Lipinski definition) is 2. The van der Waals surface area contributed by atoms with E-state index in [1.807, 2.05) is 0 Å². The largest absolute Gasteiger partial charge is 0.478 e. The number of carbonyl (C=O) groups excluding carboxylic acids is 3. The Bertz CT molecular complexity index is 1270. The zero-order valence-electron chi connectivity index (χ0n) is 18.9. The van der Waals surface area contributed by atoms with Crippen LogP contribution >= 0.6 is 15.9 Å². The van der Waals surface area contributed by atoms with Crippen LogP contribution in [-0.4, -0.2) is 41.1 Å². The summed E-state index contributed by atoms with van der Waals surface area (Å²) in [4.78, 5) is 50.8. The molecule has 0 aliphatic rings. The number of benzene rings is 3. The first-order valence-electron chi connectivity index (χ1n) is 10.5. The van der Waals surface area contributed by atoms with Crippen molar-refractivity contribution >= 4 is 45.4 Å². The fourth-order valence-corrected chi connectivity index (χ4v) is 3.56. The standard InChI is InChI=1S/C26H22BrNO7/c1-15-7-5-9-17(13-15)25(32)34-21(23(29)28-20-12-4-3-11-19(20)27)22(24(30)31)35-26(33)18-10-6-8-16(2)14-18/h3-14,21-22H,1-2H3,(H,28,29)(H,30,31)/t21-,22-/m1/s1. The highest BCUT2D eigenvalue weighted by Crippen LogP contribution is 2.23. The summed E-state index contributed by atoms with van der Waals surface area (Å²) >= 11 is 3.29. The minimum atomic E-state index is -2.11. The Morgan fingerprint density at radius 2 is 1.29 bits per heavy atom. The van der Waals surface area contributed by atoms with Crippen LogP contribution in [0.15, 0.2) is 77.3 Å². The fraction of sp³-hybridized carbons (Fsp3) is 0.154. The Labute approximate surface area is 210 Å². The number of anilines is 1. The minimum absolute atomic E-state index is 0.0891. The smallest absolute Gasteiger partial charge is 0.349 e. The van der Waals surface area contributed by atoms with Crippen molar-refractivity contribution in [2.75, 3.05) is 5.32 Å². The zero-order chi connectivity index (χ0) is 25.5. The molecule has 2 atom stereocenters. The SMILES string of the molecule is Cc1cccc(C(=O)O[C@@H](C(=O)O)[C@@H](OC(=O)c2cccc(C)c2)C(=O)Nc2ccccc2Br)c1. The number of rotatable bonds is 8. The molecule has 3 aromatic rings. The second-order valence-corrected chi connectivity index (χ2v) is 8.55. The third-order valence-electron chi connectivity index (χ3n) is 4.88. The van der Waals surface area contributed by atoms with Crippen molar-refractivity contribution in [1.29, 1.82) is 0 Å². The van der Waals surface area contributed by atoms with E-state index in [0.29, 0.717) is 10.2 Å². The summed E-state index contributed by atoms with van der Waals surface area (Å²) in [6.45, 7) is 3.51. The molecule has 0 saturated carbocycles. The van der Waals surface area contributed by atoms with E-state index in [2.05, 4.69) is 21.2 Å². The molecule has 8 nitrogen and oxygen atoms in total. The van der Waals surface area contributed by atoms with E-state index >= 15 is 0 Å². The third kappa shape index (κ3) is 6.77. The van der Waals surface area contributed by atoms with Gasteiger partial charge in [-0.25, -0.2) is 14.4 Å². The van der Waals surface area contributed by atoms with Crippen molar-refractivity contribution in [2.24, 2.45) is 0 Å². The fourth-order valence-electron chi connectivity index (χ4n) is 3.17. The van der Waals surface area contributed by atoms with Crippen LogP contribution in [0.2, 0.25) is 0 Å². The number of amides is 1. The van der Waals surface area contributed by atoms with Gasteiger partial charge in [0.15, 0.2) is 0 Å². The highest BCUT2D eigenvalue weighted by molar-refractivity contribution is 9.10. The predicted molar refractivity (Wildman–Crippen MR) is 131 cm³/mol. The third-order valence-corrected chi connectivity index (χ3v) is 5.58. The van der Waals surface area contributed by atoms with Crippen LogP contribution in [0.5, 0.6) is 0 Å². The zero-order valence-corrected chi connectivity index (χ0v) is 20.4. The molecule has 0 heterocycles. The van der Waals surface area contributed by atoms with Crippen molar-refractivity contribution in [1.82, 2.24) is 0 Å². The Morgan fingerprint density at radius 1 is 0.771 bits per heavy atom. The van der Waals surface area contributed by atoms with E-state index in [1.54, 1.807) is 62.4 Å². The first kappa shape index (κ1) is 25.6. The highest BCUT2D eigenvalue weighted by atomic mass is 79.9. The van der Waals surface area contributed by atoms with Gasteiger partial charge in [0.2, 0.25) is 12.2 Å². The lowest BCUT2D eigenvalue weighted by Gasteiger charge is -2.24. The van der Waals surface area contributed by atoms with Gasteiger partial charge in [-0.1, -0.05) is 47.5 Å². The molecule has 0 fully saturated rings. The van der Waals surface area contributed by atoms with Gasteiger partial charge in [0.1, 0.15) is 0 Å². The second-order valence-electron chi connectivity index (χ2n) is 7.70. The van der Waals surface area contributed by atoms with Gasteiger partial charge in [0.25, 0.3) is 5.91 Å². The van der Waals surface area contributed by atoms with Crippen LogP contribution in [-0.2, 0) is 19.1 Å². The number of ether oxygens (including phenoxy) is 2. The molecule has 0 aliphatic carbocycles. The number of esters is 2.